The van der Waals surface area contributed by atoms with Crippen molar-refractivity contribution in [2.75, 3.05) is 11.4 Å². The number of anilines is 1. The summed E-state index contributed by atoms with van der Waals surface area (Å²) in [5.41, 5.74) is 2.47. The molecule has 0 saturated carbocycles. The number of para-hydroxylation sites is 1. The number of carbonyl (C=O) groups excluding carboxylic acids is 1. The van der Waals surface area contributed by atoms with E-state index in [2.05, 4.69) is 0 Å². The van der Waals surface area contributed by atoms with E-state index in [1.807, 2.05) is 38.1 Å². The van der Waals surface area contributed by atoms with Gasteiger partial charge in [-0.25, -0.2) is 8.42 Å². The summed E-state index contributed by atoms with van der Waals surface area (Å²) >= 11 is 0. The molecule has 1 saturated heterocycles. The molecule has 1 fully saturated rings. The number of nitrogens with zero attached hydrogens (tertiary/aromatic N) is 2. The number of fused-ring (bicyclic) bond motifs is 1. The lowest BCUT2D eigenvalue weighted by Crippen LogP contribution is -2.42. The average Bonchev–Trinajstić information content (AvgIpc) is 3.03. The second-order valence-electron chi connectivity index (χ2n) is 7.85. The fraction of sp³-hybridized carbons (Fsp3) is 0.409. The molecule has 1 amide bonds. The first-order valence-corrected chi connectivity index (χ1v) is 11.4. The van der Waals surface area contributed by atoms with Crippen LogP contribution in [-0.4, -0.2) is 37.3 Å². The zero-order valence-electron chi connectivity index (χ0n) is 16.3. The molecule has 28 heavy (non-hydrogen) atoms. The number of hydrogen-bond donors (Lipinski definition) is 0. The Morgan fingerprint density at radius 1 is 1.00 bits per heavy atom. The van der Waals surface area contributed by atoms with E-state index >= 15 is 0 Å². The number of amides is 1. The summed E-state index contributed by atoms with van der Waals surface area (Å²) in [7, 11) is -3.60. The predicted octanol–water partition coefficient (Wildman–Crippen LogP) is 3.84. The second-order valence-corrected chi connectivity index (χ2v) is 9.74. The van der Waals surface area contributed by atoms with Crippen LogP contribution in [0.1, 0.15) is 49.0 Å². The molecule has 2 atom stereocenters. The quantitative estimate of drug-likeness (QED) is 0.789. The monoisotopic (exact) mass is 398 g/mol. The van der Waals surface area contributed by atoms with Crippen molar-refractivity contribution < 1.29 is 13.2 Å². The molecular weight excluding hydrogens is 372 g/mol. The highest BCUT2D eigenvalue weighted by Gasteiger charge is 2.34. The van der Waals surface area contributed by atoms with Crippen LogP contribution in [-0.2, 0) is 16.4 Å². The minimum absolute atomic E-state index is 0.0106. The minimum atomic E-state index is -3.60. The number of hydrogen-bond acceptors (Lipinski definition) is 3. The van der Waals surface area contributed by atoms with Crippen molar-refractivity contribution in [1.82, 2.24) is 4.31 Å². The maximum atomic E-state index is 13.3. The lowest BCUT2D eigenvalue weighted by Gasteiger charge is -2.32. The van der Waals surface area contributed by atoms with Crippen molar-refractivity contribution in [2.24, 2.45) is 0 Å². The van der Waals surface area contributed by atoms with Gasteiger partial charge in [0.1, 0.15) is 0 Å². The topological polar surface area (TPSA) is 57.7 Å². The summed E-state index contributed by atoms with van der Waals surface area (Å²) in [4.78, 5) is 15.2. The molecule has 0 aliphatic carbocycles. The third-order valence-electron chi connectivity index (χ3n) is 5.86. The summed E-state index contributed by atoms with van der Waals surface area (Å²) in [6.45, 7) is 4.51. The van der Waals surface area contributed by atoms with Gasteiger partial charge in [-0.15, -0.1) is 0 Å². The Hall–Kier alpha value is -2.18. The van der Waals surface area contributed by atoms with E-state index in [0.717, 1.165) is 36.9 Å². The Morgan fingerprint density at radius 3 is 2.57 bits per heavy atom. The number of sulfonamides is 1. The Morgan fingerprint density at radius 2 is 1.79 bits per heavy atom. The summed E-state index contributed by atoms with van der Waals surface area (Å²) in [5, 5.41) is 0. The lowest BCUT2D eigenvalue weighted by molar-refractivity contribution is 0.0981. The van der Waals surface area contributed by atoms with Crippen LogP contribution in [0.2, 0.25) is 0 Å². The van der Waals surface area contributed by atoms with Crippen molar-refractivity contribution in [2.45, 2.75) is 56.5 Å². The van der Waals surface area contributed by atoms with Crippen LogP contribution >= 0.6 is 0 Å². The van der Waals surface area contributed by atoms with Gasteiger partial charge >= 0.3 is 0 Å². The molecule has 148 valence electrons. The molecule has 6 heteroatoms. The van der Waals surface area contributed by atoms with Gasteiger partial charge in [-0.05, 0) is 62.9 Å². The van der Waals surface area contributed by atoms with Crippen molar-refractivity contribution in [3.8, 4) is 0 Å². The van der Waals surface area contributed by atoms with Crippen molar-refractivity contribution in [3.05, 3.63) is 59.7 Å². The van der Waals surface area contributed by atoms with Gasteiger partial charge in [-0.2, -0.15) is 4.31 Å². The molecule has 0 bridgehead atoms. The molecular formula is C22H26N2O3S. The molecule has 2 heterocycles. The van der Waals surface area contributed by atoms with Gasteiger partial charge in [0, 0.05) is 29.9 Å². The largest absolute Gasteiger partial charge is 0.305 e. The van der Waals surface area contributed by atoms with E-state index in [1.54, 1.807) is 27.4 Å². The van der Waals surface area contributed by atoms with Gasteiger partial charge in [0.15, 0.2) is 0 Å². The molecule has 2 aliphatic heterocycles. The van der Waals surface area contributed by atoms with E-state index in [4.69, 9.17) is 0 Å². The Bertz CT molecular complexity index is 1000. The fourth-order valence-electron chi connectivity index (χ4n) is 4.37. The number of carbonyl (C=O) groups is 1. The number of piperidine rings is 1. The van der Waals surface area contributed by atoms with Gasteiger partial charge in [0.25, 0.3) is 5.91 Å². The number of rotatable bonds is 3. The maximum absolute atomic E-state index is 13.3. The van der Waals surface area contributed by atoms with Crippen LogP contribution < -0.4 is 4.90 Å². The summed E-state index contributed by atoms with van der Waals surface area (Å²) in [6.07, 6.45) is 3.62. The molecule has 0 N–H and O–H groups in total. The van der Waals surface area contributed by atoms with Crippen LogP contribution in [0.4, 0.5) is 5.69 Å². The van der Waals surface area contributed by atoms with Crippen molar-refractivity contribution in [1.29, 1.82) is 0 Å². The van der Waals surface area contributed by atoms with E-state index in [1.165, 1.54) is 6.07 Å². The van der Waals surface area contributed by atoms with Crippen molar-refractivity contribution in [3.63, 3.8) is 0 Å². The normalized spacial score (nSPS) is 22.9. The lowest BCUT2D eigenvalue weighted by atomic mass is 10.1. The summed E-state index contributed by atoms with van der Waals surface area (Å²) in [6, 6.07) is 14.4. The highest BCUT2D eigenvalue weighted by Crippen LogP contribution is 2.33. The maximum Gasteiger partial charge on any atom is 0.258 e. The Labute approximate surface area is 167 Å². The highest BCUT2D eigenvalue weighted by molar-refractivity contribution is 7.89. The van der Waals surface area contributed by atoms with Gasteiger partial charge < -0.3 is 4.90 Å². The summed E-state index contributed by atoms with van der Waals surface area (Å²) in [5.74, 6) is -0.152. The highest BCUT2D eigenvalue weighted by atomic mass is 32.2. The Balaban J connectivity index is 1.67. The van der Waals surface area contributed by atoms with Gasteiger partial charge in [0.2, 0.25) is 10.0 Å². The molecule has 2 aromatic rings. The van der Waals surface area contributed by atoms with Crippen LogP contribution in [0.5, 0.6) is 0 Å². The summed E-state index contributed by atoms with van der Waals surface area (Å²) < 4.78 is 27.9. The second kappa shape index (κ2) is 7.33. The standard InChI is InChI=1S/C22H26N2O3S/c1-16-8-5-6-13-23(16)28(26,27)20-11-7-10-19(15-20)22(25)24-17(2)14-18-9-3-4-12-21(18)24/h3-4,7,9-12,15-17H,5-6,8,13-14H2,1-2H3. The molecule has 5 nitrogen and oxygen atoms in total. The zero-order chi connectivity index (χ0) is 19.9. The van der Waals surface area contributed by atoms with Crippen molar-refractivity contribution >= 4 is 21.6 Å². The molecule has 2 aromatic carbocycles. The first-order chi connectivity index (χ1) is 13.4. The third kappa shape index (κ3) is 3.25. The minimum Gasteiger partial charge on any atom is -0.305 e. The first kappa shape index (κ1) is 19.2. The molecule has 2 unspecified atom stereocenters. The molecule has 2 aliphatic rings. The Kier molecular flexibility index (Phi) is 5.02. The number of benzene rings is 2. The van der Waals surface area contributed by atoms with Gasteiger partial charge in [-0.3, -0.25) is 4.79 Å². The first-order valence-electron chi connectivity index (χ1n) is 9.93. The zero-order valence-corrected chi connectivity index (χ0v) is 17.2. The van der Waals surface area contributed by atoms with Gasteiger partial charge in [-0.1, -0.05) is 30.7 Å². The smallest absolute Gasteiger partial charge is 0.258 e. The van der Waals surface area contributed by atoms with Crippen LogP contribution in [0, 0.1) is 0 Å². The molecule has 0 aromatic heterocycles. The molecule has 4 rings (SSSR count). The fourth-order valence-corrected chi connectivity index (χ4v) is 6.11. The van der Waals surface area contributed by atoms with Crippen LogP contribution in [0.25, 0.3) is 0 Å². The molecule has 0 spiro atoms. The van der Waals surface area contributed by atoms with Crippen LogP contribution in [0.3, 0.4) is 0 Å². The molecule has 0 radical (unpaired) electrons. The van der Waals surface area contributed by atoms with E-state index in [9.17, 15) is 13.2 Å². The van der Waals surface area contributed by atoms with E-state index < -0.39 is 10.0 Å². The van der Waals surface area contributed by atoms with E-state index in [0.29, 0.717) is 12.1 Å². The van der Waals surface area contributed by atoms with Gasteiger partial charge in [0.05, 0.1) is 4.90 Å². The predicted molar refractivity (Wildman–Crippen MR) is 110 cm³/mol. The van der Waals surface area contributed by atoms with Crippen LogP contribution in [0.15, 0.2) is 53.4 Å². The average molecular weight is 399 g/mol. The SMILES string of the molecule is CC1Cc2ccccc2N1C(=O)c1cccc(S(=O)(=O)N2CCCCC2C)c1. The third-order valence-corrected chi connectivity index (χ3v) is 7.87. The van der Waals surface area contributed by atoms with E-state index in [-0.39, 0.29) is 22.9 Å².